The number of carbonyl (C=O) groups excluding carboxylic acids is 1. The van der Waals surface area contributed by atoms with Crippen LogP contribution >= 0.6 is 26.6 Å². The fourth-order valence-electron chi connectivity index (χ4n) is 1.64. The molecule has 1 aromatic carbocycles. The summed E-state index contributed by atoms with van der Waals surface area (Å²) in [5.74, 6) is -0.310. The number of hydrogen-bond donors (Lipinski definition) is 1. The van der Waals surface area contributed by atoms with Crippen molar-refractivity contribution in [1.29, 1.82) is 0 Å². The van der Waals surface area contributed by atoms with Crippen LogP contribution in [0, 0.1) is 0 Å². The normalized spacial score (nSPS) is 13.1. The van der Waals surface area contributed by atoms with Gasteiger partial charge >= 0.3 is 0 Å². The summed E-state index contributed by atoms with van der Waals surface area (Å²) >= 11 is 3.10. The molecule has 0 spiro atoms. The summed E-state index contributed by atoms with van der Waals surface area (Å²) in [4.78, 5) is 11.8. The molecule has 106 valence electrons. The van der Waals surface area contributed by atoms with E-state index in [0.717, 1.165) is 12.8 Å². The minimum absolute atomic E-state index is 0.0391. The van der Waals surface area contributed by atoms with Crippen molar-refractivity contribution in [3.8, 4) is 0 Å². The van der Waals surface area contributed by atoms with Crippen LogP contribution in [0.1, 0.15) is 37.0 Å². The van der Waals surface area contributed by atoms with Gasteiger partial charge in [-0.1, -0.05) is 13.3 Å². The van der Waals surface area contributed by atoms with Crippen molar-refractivity contribution in [2.75, 3.05) is 0 Å². The van der Waals surface area contributed by atoms with Crippen LogP contribution in [-0.4, -0.2) is 20.4 Å². The predicted molar refractivity (Wildman–Crippen MR) is 79.0 cm³/mol. The van der Waals surface area contributed by atoms with Crippen LogP contribution in [0.25, 0.3) is 0 Å². The Morgan fingerprint density at radius 2 is 2.11 bits per heavy atom. The van der Waals surface area contributed by atoms with Gasteiger partial charge in [-0.2, -0.15) is 0 Å². The molecule has 1 rings (SSSR count). The average molecular weight is 369 g/mol. The third-order valence-electron chi connectivity index (χ3n) is 2.56. The predicted octanol–water partition coefficient (Wildman–Crippen LogP) is 3.30. The molecule has 0 saturated heterocycles. The minimum atomic E-state index is -3.88. The van der Waals surface area contributed by atoms with Crippen LogP contribution in [0.3, 0.4) is 0 Å². The second-order valence-electron chi connectivity index (χ2n) is 4.25. The van der Waals surface area contributed by atoms with Gasteiger partial charge in [0.1, 0.15) is 0 Å². The van der Waals surface area contributed by atoms with Crippen LogP contribution in [0.2, 0.25) is 0 Å². The van der Waals surface area contributed by atoms with Gasteiger partial charge in [0.2, 0.25) is 0 Å². The van der Waals surface area contributed by atoms with Gasteiger partial charge in [-0.3, -0.25) is 4.79 Å². The number of hydrogen-bond acceptors (Lipinski definition) is 3. The van der Waals surface area contributed by atoms with Crippen molar-refractivity contribution in [2.24, 2.45) is 0 Å². The van der Waals surface area contributed by atoms with E-state index in [2.05, 4.69) is 21.2 Å². The molecule has 0 aliphatic carbocycles. The van der Waals surface area contributed by atoms with E-state index in [1.807, 2.05) is 13.8 Å². The standard InChI is InChI=1S/C12H15BrClNO3S/c1-3-4-8(2)15-12(16)9-5-6-10(13)11(7-9)19(14,17)18/h5-8H,3-4H2,1-2H3,(H,15,16). The molecule has 0 aromatic heterocycles. The smallest absolute Gasteiger partial charge is 0.262 e. The fourth-order valence-corrected chi connectivity index (χ4v) is 3.76. The van der Waals surface area contributed by atoms with E-state index < -0.39 is 9.05 Å². The van der Waals surface area contributed by atoms with Gasteiger partial charge in [0.15, 0.2) is 0 Å². The van der Waals surface area contributed by atoms with Crippen LogP contribution in [0.15, 0.2) is 27.6 Å². The quantitative estimate of drug-likeness (QED) is 0.811. The van der Waals surface area contributed by atoms with Crippen LogP contribution in [0.5, 0.6) is 0 Å². The van der Waals surface area contributed by atoms with Crippen molar-refractivity contribution in [1.82, 2.24) is 5.32 Å². The molecular weight excluding hydrogens is 354 g/mol. The van der Waals surface area contributed by atoms with Crippen molar-refractivity contribution in [3.63, 3.8) is 0 Å². The number of benzene rings is 1. The lowest BCUT2D eigenvalue weighted by molar-refractivity contribution is 0.0938. The summed E-state index contributed by atoms with van der Waals surface area (Å²) in [6.45, 7) is 3.93. The van der Waals surface area contributed by atoms with E-state index in [4.69, 9.17) is 10.7 Å². The highest BCUT2D eigenvalue weighted by molar-refractivity contribution is 9.10. The number of nitrogens with one attached hydrogen (secondary N) is 1. The first-order valence-corrected chi connectivity index (χ1v) is 8.91. The lowest BCUT2D eigenvalue weighted by atomic mass is 10.1. The van der Waals surface area contributed by atoms with Gasteiger partial charge in [-0.15, -0.1) is 0 Å². The van der Waals surface area contributed by atoms with Gasteiger partial charge in [0.25, 0.3) is 15.0 Å². The molecule has 19 heavy (non-hydrogen) atoms. The van der Waals surface area contributed by atoms with E-state index >= 15 is 0 Å². The summed E-state index contributed by atoms with van der Waals surface area (Å²) in [7, 11) is 1.42. The highest BCUT2D eigenvalue weighted by Crippen LogP contribution is 2.26. The molecule has 1 aromatic rings. The molecule has 4 nitrogen and oxygen atoms in total. The van der Waals surface area contributed by atoms with Crippen LogP contribution in [0.4, 0.5) is 0 Å². The number of amides is 1. The molecule has 0 aliphatic rings. The van der Waals surface area contributed by atoms with Crippen LogP contribution < -0.4 is 5.32 Å². The van der Waals surface area contributed by atoms with E-state index in [1.165, 1.54) is 12.1 Å². The molecular formula is C12H15BrClNO3S. The maximum Gasteiger partial charge on any atom is 0.262 e. The van der Waals surface area contributed by atoms with E-state index in [0.29, 0.717) is 4.47 Å². The van der Waals surface area contributed by atoms with Crippen LogP contribution in [-0.2, 0) is 9.05 Å². The number of halogens is 2. The molecule has 0 aliphatic heterocycles. The Morgan fingerprint density at radius 3 is 2.63 bits per heavy atom. The molecule has 0 radical (unpaired) electrons. The third kappa shape index (κ3) is 4.78. The SMILES string of the molecule is CCCC(C)NC(=O)c1ccc(Br)c(S(=O)(=O)Cl)c1. The van der Waals surface area contributed by atoms with Crippen molar-refractivity contribution >= 4 is 41.6 Å². The lowest BCUT2D eigenvalue weighted by Gasteiger charge is -2.13. The van der Waals surface area contributed by atoms with Gasteiger partial charge < -0.3 is 5.32 Å². The van der Waals surface area contributed by atoms with Gasteiger partial charge in [-0.05, 0) is 47.5 Å². The second kappa shape index (κ2) is 6.72. The highest BCUT2D eigenvalue weighted by Gasteiger charge is 2.18. The topological polar surface area (TPSA) is 63.2 Å². The van der Waals surface area contributed by atoms with E-state index in [9.17, 15) is 13.2 Å². The summed E-state index contributed by atoms with van der Waals surface area (Å²) in [6.07, 6.45) is 1.83. The Hall–Kier alpha value is -0.590. The van der Waals surface area contributed by atoms with Crippen molar-refractivity contribution < 1.29 is 13.2 Å². The first kappa shape index (κ1) is 16.5. The summed E-state index contributed by atoms with van der Waals surface area (Å²) in [5, 5.41) is 2.80. The zero-order valence-corrected chi connectivity index (χ0v) is 13.8. The van der Waals surface area contributed by atoms with E-state index in [1.54, 1.807) is 6.07 Å². The minimum Gasteiger partial charge on any atom is -0.350 e. The Morgan fingerprint density at radius 1 is 1.47 bits per heavy atom. The lowest BCUT2D eigenvalue weighted by Crippen LogP contribution is -2.32. The average Bonchev–Trinajstić information content (AvgIpc) is 2.27. The maximum atomic E-state index is 12.0. The summed E-state index contributed by atoms with van der Waals surface area (Å²) in [5.41, 5.74) is 0.269. The molecule has 0 saturated carbocycles. The zero-order valence-electron chi connectivity index (χ0n) is 10.6. The zero-order chi connectivity index (χ0) is 14.6. The monoisotopic (exact) mass is 367 g/mol. The molecule has 0 bridgehead atoms. The Balaban J connectivity index is 3.00. The first-order valence-electron chi connectivity index (χ1n) is 5.80. The highest BCUT2D eigenvalue weighted by atomic mass is 79.9. The largest absolute Gasteiger partial charge is 0.350 e. The first-order chi connectivity index (χ1) is 8.75. The summed E-state index contributed by atoms with van der Waals surface area (Å²) in [6, 6.07) is 4.34. The third-order valence-corrected chi connectivity index (χ3v) is 4.87. The van der Waals surface area contributed by atoms with Gasteiger partial charge in [0, 0.05) is 26.8 Å². The number of carbonyl (C=O) groups is 1. The molecule has 1 unspecified atom stereocenters. The van der Waals surface area contributed by atoms with Gasteiger partial charge in [-0.25, -0.2) is 8.42 Å². The maximum absolute atomic E-state index is 12.0. The Bertz CT molecular complexity index is 574. The molecule has 1 atom stereocenters. The van der Waals surface area contributed by atoms with E-state index in [-0.39, 0.29) is 22.4 Å². The second-order valence-corrected chi connectivity index (χ2v) is 7.63. The van der Waals surface area contributed by atoms with Gasteiger partial charge in [0.05, 0.1) is 4.90 Å². The van der Waals surface area contributed by atoms with Crippen molar-refractivity contribution in [2.45, 2.75) is 37.6 Å². The molecule has 0 heterocycles. The Labute approximate surface area is 126 Å². The molecule has 1 amide bonds. The van der Waals surface area contributed by atoms with Crippen molar-refractivity contribution in [3.05, 3.63) is 28.2 Å². The molecule has 0 fully saturated rings. The summed E-state index contributed by atoms with van der Waals surface area (Å²) < 4.78 is 23.0. The number of rotatable bonds is 5. The Kier molecular flexibility index (Phi) is 5.82. The molecule has 1 N–H and O–H groups in total. The molecule has 7 heteroatoms. The fraction of sp³-hybridized carbons (Fsp3) is 0.417.